The second-order valence-corrected chi connectivity index (χ2v) is 6.11. The molecule has 0 amide bonds. The highest BCUT2D eigenvalue weighted by molar-refractivity contribution is 5.76. The van der Waals surface area contributed by atoms with Gasteiger partial charge in [0.25, 0.3) is 0 Å². The Balaban J connectivity index is 1.57. The Morgan fingerprint density at radius 3 is 1.86 bits per heavy atom. The van der Waals surface area contributed by atoms with Gasteiger partial charge in [-0.25, -0.2) is 0 Å². The first-order chi connectivity index (χ1) is 10.4. The quantitative estimate of drug-likeness (QED) is 0.646. The van der Waals surface area contributed by atoms with E-state index in [1.807, 2.05) is 0 Å². The number of hydrogen-bond acceptors (Lipinski definition) is 0. The Bertz CT molecular complexity index is 680. The van der Waals surface area contributed by atoms with Crippen LogP contribution in [-0.2, 0) is 0 Å². The first-order valence-corrected chi connectivity index (χ1v) is 7.98. The van der Waals surface area contributed by atoms with Crippen LogP contribution in [0.3, 0.4) is 0 Å². The van der Waals surface area contributed by atoms with Crippen LogP contribution in [0, 0.1) is 0 Å². The van der Waals surface area contributed by atoms with E-state index >= 15 is 0 Å². The molecular weight excluding hydrogens is 252 g/mol. The molecule has 1 saturated carbocycles. The molecule has 0 aromatic heterocycles. The van der Waals surface area contributed by atoms with Gasteiger partial charge in [0.1, 0.15) is 0 Å². The molecule has 4 rings (SSSR count). The van der Waals surface area contributed by atoms with Crippen LogP contribution in [0.15, 0.2) is 66.8 Å². The minimum Gasteiger partial charge on any atom is -0.0836 e. The van der Waals surface area contributed by atoms with Crippen molar-refractivity contribution >= 4 is 5.57 Å². The molecule has 2 aromatic rings. The molecule has 0 unspecified atom stereocenters. The lowest BCUT2D eigenvalue weighted by Crippen LogP contribution is -1.86. The molecule has 2 aromatic carbocycles. The molecular formula is C21H20. The minimum absolute atomic E-state index is 0.839. The van der Waals surface area contributed by atoms with Crippen molar-refractivity contribution in [3.8, 4) is 11.1 Å². The van der Waals surface area contributed by atoms with Crippen molar-refractivity contribution in [3.63, 3.8) is 0 Å². The third-order valence-electron chi connectivity index (χ3n) is 4.51. The maximum absolute atomic E-state index is 2.33. The summed E-state index contributed by atoms with van der Waals surface area (Å²) in [6.45, 7) is 0. The van der Waals surface area contributed by atoms with Gasteiger partial charge in [0.05, 0.1) is 0 Å². The summed E-state index contributed by atoms with van der Waals surface area (Å²) in [5.41, 5.74) is 6.81. The van der Waals surface area contributed by atoms with Crippen LogP contribution < -0.4 is 0 Å². The maximum Gasteiger partial charge on any atom is -0.0162 e. The highest BCUT2D eigenvalue weighted by Gasteiger charge is 2.22. The Morgan fingerprint density at radius 2 is 1.29 bits per heavy atom. The number of benzene rings is 2. The van der Waals surface area contributed by atoms with Crippen molar-refractivity contribution in [2.45, 2.75) is 31.6 Å². The first-order valence-electron chi connectivity index (χ1n) is 7.98. The third kappa shape index (κ3) is 2.71. The van der Waals surface area contributed by atoms with Crippen LogP contribution in [0.5, 0.6) is 0 Å². The van der Waals surface area contributed by atoms with Crippen LogP contribution in [0.1, 0.15) is 42.7 Å². The van der Waals surface area contributed by atoms with E-state index < -0.39 is 0 Å². The van der Waals surface area contributed by atoms with Crippen LogP contribution >= 0.6 is 0 Å². The van der Waals surface area contributed by atoms with E-state index in [2.05, 4.69) is 66.8 Å². The molecule has 0 N–H and O–H groups in total. The predicted molar refractivity (Wildman–Crippen MR) is 90.2 cm³/mol. The monoisotopic (exact) mass is 272 g/mol. The summed E-state index contributed by atoms with van der Waals surface area (Å²) in [5.74, 6) is 0.839. The summed E-state index contributed by atoms with van der Waals surface area (Å²) in [6, 6.07) is 18.1. The molecule has 1 fully saturated rings. The molecule has 0 heterocycles. The smallest absolute Gasteiger partial charge is 0.0162 e. The summed E-state index contributed by atoms with van der Waals surface area (Å²) in [4.78, 5) is 0. The summed E-state index contributed by atoms with van der Waals surface area (Å²) in [6.07, 6.45) is 11.9. The van der Waals surface area contributed by atoms with E-state index in [0.29, 0.717) is 0 Å². The van der Waals surface area contributed by atoms with Gasteiger partial charge in [-0.05, 0) is 59.4 Å². The van der Waals surface area contributed by atoms with Crippen molar-refractivity contribution < 1.29 is 0 Å². The SMILES string of the molecule is C1=CC(c2ccc(-c3ccc(C4CC4)cc3)cc2)=CCC1. The molecule has 0 spiro atoms. The second kappa shape index (κ2) is 5.37. The molecule has 104 valence electrons. The highest BCUT2D eigenvalue weighted by atomic mass is 14.3. The second-order valence-electron chi connectivity index (χ2n) is 6.11. The number of hydrogen-bond donors (Lipinski definition) is 0. The number of rotatable bonds is 3. The Hall–Kier alpha value is -2.08. The van der Waals surface area contributed by atoms with Crippen molar-refractivity contribution in [1.82, 2.24) is 0 Å². The Kier molecular flexibility index (Phi) is 3.23. The van der Waals surface area contributed by atoms with Crippen LogP contribution in [0.25, 0.3) is 16.7 Å². The van der Waals surface area contributed by atoms with Gasteiger partial charge in [-0.3, -0.25) is 0 Å². The molecule has 0 nitrogen and oxygen atoms in total. The van der Waals surface area contributed by atoms with Gasteiger partial charge in [0, 0.05) is 0 Å². The van der Waals surface area contributed by atoms with Crippen molar-refractivity contribution in [3.05, 3.63) is 77.9 Å². The molecule has 0 atom stereocenters. The lowest BCUT2D eigenvalue weighted by Gasteiger charge is -2.09. The van der Waals surface area contributed by atoms with E-state index in [1.54, 1.807) is 0 Å². The summed E-state index contributed by atoms with van der Waals surface area (Å²) < 4.78 is 0. The largest absolute Gasteiger partial charge is 0.0836 e. The molecule has 21 heavy (non-hydrogen) atoms. The van der Waals surface area contributed by atoms with Crippen molar-refractivity contribution in [1.29, 1.82) is 0 Å². The van der Waals surface area contributed by atoms with Crippen molar-refractivity contribution in [2.24, 2.45) is 0 Å². The van der Waals surface area contributed by atoms with Gasteiger partial charge >= 0.3 is 0 Å². The Morgan fingerprint density at radius 1 is 0.667 bits per heavy atom. The fraction of sp³-hybridized carbons (Fsp3) is 0.238. The average Bonchev–Trinajstić information content (AvgIpc) is 3.41. The van der Waals surface area contributed by atoms with Crippen LogP contribution in [-0.4, -0.2) is 0 Å². The fourth-order valence-electron chi connectivity index (χ4n) is 3.05. The topological polar surface area (TPSA) is 0 Å². The predicted octanol–water partition coefficient (Wildman–Crippen LogP) is 5.96. The van der Waals surface area contributed by atoms with Gasteiger partial charge in [0.15, 0.2) is 0 Å². The molecule has 2 aliphatic carbocycles. The lowest BCUT2D eigenvalue weighted by molar-refractivity contribution is 1.04. The molecule has 0 heteroatoms. The Labute approximate surface area is 126 Å². The zero-order chi connectivity index (χ0) is 14.1. The summed E-state index contributed by atoms with van der Waals surface area (Å²) >= 11 is 0. The highest BCUT2D eigenvalue weighted by Crippen LogP contribution is 2.40. The molecule has 0 bridgehead atoms. The molecule has 0 saturated heterocycles. The zero-order valence-corrected chi connectivity index (χ0v) is 12.3. The van der Waals surface area contributed by atoms with E-state index in [1.165, 1.54) is 47.1 Å². The van der Waals surface area contributed by atoms with E-state index in [0.717, 1.165) is 12.3 Å². The van der Waals surface area contributed by atoms with Gasteiger partial charge in [-0.2, -0.15) is 0 Å². The van der Waals surface area contributed by atoms with Crippen LogP contribution in [0.4, 0.5) is 0 Å². The summed E-state index contributed by atoms with van der Waals surface area (Å²) in [5, 5.41) is 0. The van der Waals surface area contributed by atoms with Gasteiger partial charge in [0.2, 0.25) is 0 Å². The maximum atomic E-state index is 2.33. The molecule has 2 aliphatic rings. The molecule has 0 aliphatic heterocycles. The van der Waals surface area contributed by atoms with Crippen LogP contribution in [0.2, 0.25) is 0 Å². The number of allylic oxidation sites excluding steroid dienone is 4. The minimum atomic E-state index is 0.839. The molecule has 0 radical (unpaired) electrons. The van der Waals surface area contributed by atoms with Crippen molar-refractivity contribution in [2.75, 3.05) is 0 Å². The van der Waals surface area contributed by atoms with Gasteiger partial charge in [-0.1, -0.05) is 66.8 Å². The van der Waals surface area contributed by atoms with Gasteiger partial charge in [-0.15, -0.1) is 0 Å². The standard InChI is InChI=1S/C21H20/c1-2-4-16(5-3-1)17-6-8-18(9-7-17)19-10-12-20(13-11-19)21-14-15-21/h2,4-13,21H,1,3,14-15H2. The van der Waals surface area contributed by atoms with E-state index in [9.17, 15) is 0 Å². The average molecular weight is 272 g/mol. The first kappa shape index (κ1) is 12.6. The van der Waals surface area contributed by atoms with Gasteiger partial charge < -0.3 is 0 Å². The third-order valence-corrected chi connectivity index (χ3v) is 4.51. The lowest BCUT2D eigenvalue weighted by atomic mass is 9.96. The fourth-order valence-corrected chi connectivity index (χ4v) is 3.05. The zero-order valence-electron chi connectivity index (χ0n) is 12.3. The summed E-state index contributed by atoms with van der Waals surface area (Å²) in [7, 11) is 0. The normalized spacial score (nSPS) is 17.6. The van der Waals surface area contributed by atoms with E-state index in [-0.39, 0.29) is 0 Å². The van der Waals surface area contributed by atoms with E-state index in [4.69, 9.17) is 0 Å².